The van der Waals surface area contributed by atoms with E-state index in [0.717, 1.165) is 11.1 Å². The predicted molar refractivity (Wildman–Crippen MR) is 107 cm³/mol. The maximum absolute atomic E-state index is 6.39. The van der Waals surface area contributed by atoms with E-state index >= 15 is 0 Å². The number of aromatic nitrogens is 3. The van der Waals surface area contributed by atoms with Crippen molar-refractivity contribution < 1.29 is 4.74 Å². The highest BCUT2D eigenvalue weighted by atomic mass is 35.5. The van der Waals surface area contributed by atoms with E-state index < -0.39 is 0 Å². The summed E-state index contributed by atoms with van der Waals surface area (Å²) in [6, 6.07) is 14.2. The van der Waals surface area contributed by atoms with E-state index in [1.807, 2.05) is 30.3 Å². The molecule has 0 radical (unpaired) electrons. The van der Waals surface area contributed by atoms with E-state index in [0.29, 0.717) is 28.8 Å². The molecule has 3 aromatic rings. The van der Waals surface area contributed by atoms with Gasteiger partial charge in [-0.2, -0.15) is 9.97 Å². The van der Waals surface area contributed by atoms with Crippen LogP contribution in [-0.4, -0.2) is 22.1 Å². The number of hydrogen-bond donors (Lipinski definition) is 1. The lowest BCUT2D eigenvalue weighted by Crippen LogP contribution is -2.03. The number of methoxy groups -OCH3 is 1. The van der Waals surface area contributed by atoms with E-state index in [1.165, 1.54) is 18.4 Å². The van der Waals surface area contributed by atoms with Crippen LogP contribution < -0.4 is 10.5 Å². The Balaban J connectivity index is 1.83. The van der Waals surface area contributed by atoms with E-state index in [-0.39, 0.29) is 11.4 Å². The van der Waals surface area contributed by atoms with Gasteiger partial charge in [0, 0.05) is 17.7 Å². The second kappa shape index (κ2) is 6.91. The van der Waals surface area contributed by atoms with Crippen molar-refractivity contribution in [1.82, 2.24) is 15.0 Å². The molecule has 138 valence electrons. The van der Waals surface area contributed by atoms with Crippen LogP contribution in [0.5, 0.6) is 6.01 Å². The zero-order valence-electron chi connectivity index (χ0n) is 15.4. The SMILES string of the molecule is COc1nc(-c2cccc(C3(C)CC3)c2)nc(-c2cc(CN)ccc2Cl)n1. The highest BCUT2D eigenvalue weighted by Gasteiger charge is 2.39. The summed E-state index contributed by atoms with van der Waals surface area (Å²) in [5, 5.41) is 0.561. The molecule has 1 aliphatic rings. The van der Waals surface area contributed by atoms with E-state index in [1.54, 1.807) is 7.11 Å². The summed E-state index contributed by atoms with van der Waals surface area (Å²) in [6.07, 6.45) is 2.42. The Labute approximate surface area is 163 Å². The normalized spacial score (nSPS) is 14.8. The maximum atomic E-state index is 6.39. The highest BCUT2D eigenvalue weighted by molar-refractivity contribution is 6.33. The predicted octanol–water partition coefficient (Wildman–Crippen LogP) is 4.38. The topological polar surface area (TPSA) is 73.9 Å². The maximum Gasteiger partial charge on any atom is 0.320 e. The third kappa shape index (κ3) is 3.53. The van der Waals surface area contributed by atoms with Gasteiger partial charge in [0.2, 0.25) is 0 Å². The molecule has 0 aliphatic heterocycles. The lowest BCUT2D eigenvalue weighted by atomic mass is 9.96. The fourth-order valence-electron chi connectivity index (χ4n) is 3.08. The molecule has 0 spiro atoms. The smallest absolute Gasteiger partial charge is 0.320 e. The minimum atomic E-state index is 0.257. The summed E-state index contributed by atoms with van der Waals surface area (Å²) in [5.41, 5.74) is 9.96. The molecule has 5 nitrogen and oxygen atoms in total. The molecule has 2 N–H and O–H groups in total. The molecular weight excluding hydrogens is 360 g/mol. The number of nitrogens with two attached hydrogens (primary N) is 1. The first-order valence-electron chi connectivity index (χ1n) is 8.92. The molecule has 1 aromatic heterocycles. The van der Waals surface area contributed by atoms with E-state index in [2.05, 4.69) is 34.0 Å². The number of ether oxygens (including phenoxy) is 1. The average Bonchev–Trinajstić information content (AvgIpc) is 3.47. The van der Waals surface area contributed by atoms with Crippen LogP contribution in [0.2, 0.25) is 5.02 Å². The second-order valence-corrected chi connectivity index (χ2v) is 7.54. The third-order valence-corrected chi connectivity index (χ3v) is 5.45. The van der Waals surface area contributed by atoms with Crippen LogP contribution in [0.3, 0.4) is 0 Å². The highest BCUT2D eigenvalue weighted by Crippen LogP contribution is 2.48. The Hall–Kier alpha value is -2.50. The van der Waals surface area contributed by atoms with Crippen LogP contribution in [0.25, 0.3) is 22.8 Å². The van der Waals surface area contributed by atoms with Gasteiger partial charge in [-0.3, -0.25) is 0 Å². The van der Waals surface area contributed by atoms with Crippen molar-refractivity contribution in [3.05, 3.63) is 58.6 Å². The minimum absolute atomic E-state index is 0.257. The second-order valence-electron chi connectivity index (χ2n) is 7.13. The Morgan fingerprint density at radius 2 is 1.85 bits per heavy atom. The van der Waals surface area contributed by atoms with Crippen molar-refractivity contribution in [1.29, 1.82) is 0 Å². The average molecular weight is 381 g/mol. The zero-order chi connectivity index (χ0) is 19.0. The van der Waals surface area contributed by atoms with Crippen LogP contribution in [-0.2, 0) is 12.0 Å². The van der Waals surface area contributed by atoms with Crippen LogP contribution >= 0.6 is 11.6 Å². The molecule has 1 aliphatic carbocycles. The molecule has 0 unspecified atom stereocenters. The minimum Gasteiger partial charge on any atom is -0.467 e. The summed E-state index contributed by atoms with van der Waals surface area (Å²) in [7, 11) is 1.54. The van der Waals surface area contributed by atoms with Crippen molar-refractivity contribution in [3.8, 4) is 28.8 Å². The van der Waals surface area contributed by atoms with Gasteiger partial charge in [0.15, 0.2) is 11.6 Å². The van der Waals surface area contributed by atoms with E-state index in [9.17, 15) is 0 Å². The van der Waals surface area contributed by atoms with Gasteiger partial charge in [0.25, 0.3) is 0 Å². The Bertz CT molecular complexity index is 1000. The van der Waals surface area contributed by atoms with Crippen molar-refractivity contribution in [3.63, 3.8) is 0 Å². The summed E-state index contributed by atoms with van der Waals surface area (Å²) < 4.78 is 5.31. The van der Waals surface area contributed by atoms with Crippen molar-refractivity contribution in [2.45, 2.75) is 31.7 Å². The molecule has 2 aromatic carbocycles. The van der Waals surface area contributed by atoms with Crippen molar-refractivity contribution in [2.24, 2.45) is 5.73 Å². The van der Waals surface area contributed by atoms with Gasteiger partial charge in [-0.15, -0.1) is 0 Å². The van der Waals surface area contributed by atoms with Gasteiger partial charge in [-0.05, 0) is 47.6 Å². The van der Waals surface area contributed by atoms with Crippen LogP contribution in [0, 0.1) is 0 Å². The van der Waals surface area contributed by atoms with Gasteiger partial charge in [-0.1, -0.05) is 42.8 Å². The lowest BCUT2D eigenvalue weighted by molar-refractivity contribution is 0.379. The van der Waals surface area contributed by atoms with Gasteiger partial charge in [0.1, 0.15) is 0 Å². The fourth-order valence-corrected chi connectivity index (χ4v) is 3.28. The molecule has 0 atom stereocenters. The number of halogens is 1. The van der Waals surface area contributed by atoms with Crippen LogP contribution in [0.1, 0.15) is 30.9 Å². The zero-order valence-corrected chi connectivity index (χ0v) is 16.1. The molecule has 0 saturated heterocycles. The summed E-state index contributed by atoms with van der Waals surface area (Å²) in [5.74, 6) is 1.04. The Morgan fingerprint density at radius 1 is 1.07 bits per heavy atom. The summed E-state index contributed by atoms with van der Waals surface area (Å²) in [4.78, 5) is 13.5. The summed E-state index contributed by atoms with van der Waals surface area (Å²) in [6.45, 7) is 2.70. The lowest BCUT2D eigenvalue weighted by Gasteiger charge is -2.12. The Morgan fingerprint density at radius 3 is 2.56 bits per heavy atom. The quantitative estimate of drug-likeness (QED) is 0.711. The standard InChI is InChI=1S/C21H21ClN4O/c1-21(8-9-21)15-5-3-4-14(11-15)18-24-19(26-20(25-18)27-2)16-10-13(12-23)6-7-17(16)22/h3-7,10-11H,8-9,12,23H2,1-2H3. The molecule has 0 amide bonds. The number of rotatable bonds is 5. The van der Waals surface area contributed by atoms with E-state index in [4.69, 9.17) is 22.1 Å². The van der Waals surface area contributed by atoms with Crippen LogP contribution in [0.15, 0.2) is 42.5 Å². The number of hydrogen-bond acceptors (Lipinski definition) is 5. The van der Waals surface area contributed by atoms with Crippen molar-refractivity contribution in [2.75, 3.05) is 7.11 Å². The molecule has 27 heavy (non-hydrogen) atoms. The fraction of sp³-hybridized carbons (Fsp3) is 0.286. The van der Waals surface area contributed by atoms with Crippen LogP contribution in [0.4, 0.5) is 0 Å². The van der Waals surface area contributed by atoms with Gasteiger partial charge in [-0.25, -0.2) is 4.98 Å². The largest absolute Gasteiger partial charge is 0.467 e. The molecule has 1 fully saturated rings. The third-order valence-electron chi connectivity index (χ3n) is 5.12. The molecule has 1 heterocycles. The first-order valence-corrected chi connectivity index (χ1v) is 9.30. The molecule has 1 saturated carbocycles. The van der Waals surface area contributed by atoms with Crippen molar-refractivity contribution >= 4 is 11.6 Å². The molecule has 4 rings (SSSR count). The molecule has 6 heteroatoms. The van der Waals surface area contributed by atoms with Gasteiger partial charge >= 0.3 is 6.01 Å². The summed E-state index contributed by atoms with van der Waals surface area (Å²) >= 11 is 6.39. The first-order chi connectivity index (χ1) is 13.0. The van der Waals surface area contributed by atoms with Gasteiger partial charge in [0.05, 0.1) is 12.1 Å². The first kappa shape index (κ1) is 17.9. The Kier molecular flexibility index (Phi) is 4.58. The monoisotopic (exact) mass is 380 g/mol. The number of nitrogens with zero attached hydrogens (tertiary/aromatic N) is 3. The van der Waals surface area contributed by atoms with Gasteiger partial charge < -0.3 is 10.5 Å². The molecule has 0 bridgehead atoms. The molecular formula is C21H21ClN4O. The number of benzene rings is 2.